The number of nitro groups is 1. The first kappa shape index (κ1) is 49.9. The minimum Gasteiger partial charge on any atom is -0.497 e. The predicted molar refractivity (Wildman–Crippen MR) is 252 cm³/mol. The summed E-state index contributed by atoms with van der Waals surface area (Å²) in [6.45, 7) is 3.80. The molecule has 1 heterocycles. The number of halogens is 1. The van der Waals surface area contributed by atoms with Gasteiger partial charge in [-0.3, -0.25) is 20.3 Å². The number of oxime groups is 1. The van der Waals surface area contributed by atoms with Crippen molar-refractivity contribution in [3.05, 3.63) is 136 Å². The molecule has 7 rings (SSSR count). The maximum Gasteiger partial charge on any atom is 0.417 e. The number of non-ortho nitro benzene ring substituents is 1. The van der Waals surface area contributed by atoms with Crippen LogP contribution >= 0.6 is 0 Å². The number of amides is 2. The van der Waals surface area contributed by atoms with Crippen molar-refractivity contribution in [1.29, 1.82) is 0 Å². The summed E-state index contributed by atoms with van der Waals surface area (Å²) in [5.74, 6) is -2.17. The van der Waals surface area contributed by atoms with Crippen LogP contribution in [0.1, 0.15) is 62.0 Å². The summed E-state index contributed by atoms with van der Waals surface area (Å²) in [4.78, 5) is 46.4. The predicted octanol–water partition coefficient (Wildman–Crippen LogP) is 9.33. The van der Waals surface area contributed by atoms with Crippen LogP contribution in [0.2, 0.25) is 0 Å². The summed E-state index contributed by atoms with van der Waals surface area (Å²) in [5.41, 5.74) is 2.62. The number of hydrogen-bond acceptors (Lipinski definition) is 14. The number of nitrogens with one attached hydrogen (secondary N) is 1. The first-order valence-electron chi connectivity index (χ1n) is 22.8. The number of anilines is 1. The van der Waals surface area contributed by atoms with Crippen LogP contribution < -0.4 is 29.0 Å². The number of rotatable bonds is 21. The number of aliphatic hydroxyl groups is 2. The molecule has 2 aliphatic carbocycles. The number of methoxy groups -OCH3 is 2. The molecule has 0 radical (unpaired) electrons. The van der Waals surface area contributed by atoms with Crippen molar-refractivity contribution in [3.8, 4) is 28.7 Å². The number of benzene rings is 4. The Labute approximate surface area is 399 Å². The lowest BCUT2D eigenvalue weighted by molar-refractivity contribution is -0.384. The minimum atomic E-state index is -1.71. The van der Waals surface area contributed by atoms with E-state index in [1.165, 1.54) is 62.6 Å². The Balaban J connectivity index is 1.40. The van der Waals surface area contributed by atoms with E-state index in [0.717, 1.165) is 5.57 Å². The Hall–Kier alpha value is -7.02. The molecule has 1 fully saturated rings. The highest BCUT2D eigenvalue weighted by atomic mass is 19.1. The van der Waals surface area contributed by atoms with Gasteiger partial charge in [-0.05, 0) is 103 Å². The number of aliphatic hydroxyl groups excluding tert-OH is 2. The smallest absolute Gasteiger partial charge is 0.417 e. The van der Waals surface area contributed by atoms with Crippen LogP contribution in [-0.2, 0) is 16.1 Å². The van der Waals surface area contributed by atoms with Gasteiger partial charge in [0, 0.05) is 55.9 Å². The van der Waals surface area contributed by atoms with Crippen LogP contribution in [0.25, 0.3) is 0 Å². The molecule has 18 heteroatoms. The number of allylic oxidation sites excluding steroid dienone is 1. The zero-order valence-corrected chi connectivity index (χ0v) is 38.7. The zero-order chi connectivity index (χ0) is 49.1. The van der Waals surface area contributed by atoms with E-state index in [2.05, 4.69) is 23.1 Å². The minimum absolute atomic E-state index is 0.0145. The van der Waals surface area contributed by atoms with E-state index in [-0.39, 0.29) is 61.8 Å². The maximum atomic E-state index is 14.9. The van der Waals surface area contributed by atoms with Gasteiger partial charge in [-0.2, -0.15) is 0 Å². The van der Waals surface area contributed by atoms with Crippen molar-refractivity contribution in [2.75, 3.05) is 46.5 Å². The largest absolute Gasteiger partial charge is 0.497 e. The highest BCUT2D eigenvalue weighted by Gasteiger charge is 2.65. The van der Waals surface area contributed by atoms with Crippen molar-refractivity contribution in [3.63, 3.8) is 0 Å². The maximum absolute atomic E-state index is 14.9. The molecule has 0 unspecified atom stereocenters. The number of hydrogen-bond donors (Lipinski definition) is 3. The Bertz CT molecular complexity index is 2520. The molecule has 17 nitrogen and oxygen atoms in total. The summed E-state index contributed by atoms with van der Waals surface area (Å²) in [6, 6.07) is 19.7. The van der Waals surface area contributed by atoms with Crippen LogP contribution in [0.4, 0.5) is 25.4 Å². The van der Waals surface area contributed by atoms with Crippen molar-refractivity contribution in [1.82, 2.24) is 4.90 Å². The Kier molecular flexibility index (Phi) is 16.5. The summed E-state index contributed by atoms with van der Waals surface area (Å²) in [5, 5.41) is 38.7. The molecule has 4 aromatic rings. The van der Waals surface area contributed by atoms with Crippen LogP contribution in [-0.4, -0.2) is 90.9 Å². The zero-order valence-electron chi connectivity index (χ0n) is 38.7. The van der Waals surface area contributed by atoms with Crippen LogP contribution in [0.15, 0.2) is 114 Å². The van der Waals surface area contributed by atoms with Crippen LogP contribution in [0, 0.1) is 33.7 Å². The molecule has 1 saturated carbocycles. The van der Waals surface area contributed by atoms with Crippen LogP contribution in [0.5, 0.6) is 28.7 Å². The summed E-state index contributed by atoms with van der Waals surface area (Å²) >= 11 is 0. The second-order valence-electron chi connectivity index (χ2n) is 16.9. The second kappa shape index (κ2) is 22.9. The van der Waals surface area contributed by atoms with Gasteiger partial charge in [0.1, 0.15) is 47.7 Å². The molecule has 2 amide bonds. The molecule has 0 aromatic heterocycles. The van der Waals surface area contributed by atoms with Crippen molar-refractivity contribution < 1.29 is 62.4 Å². The summed E-state index contributed by atoms with van der Waals surface area (Å²) < 4.78 is 51.3. The van der Waals surface area contributed by atoms with Crippen molar-refractivity contribution >= 4 is 29.3 Å². The third-order valence-corrected chi connectivity index (χ3v) is 12.8. The number of nitro benzene ring substituents is 1. The van der Waals surface area contributed by atoms with E-state index in [9.17, 15) is 34.3 Å². The van der Waals surface area contributed by atoms with Gasteiger partial charge >= 0.3 is 12.2 Å². The first-order valence-corrected chi connectivity index (χ1v) is 22.8. The molecule has 0 saturated heterocycles. The molecule has 0 spiro atoms. The molecule has 0 bridgehead atoms. The van der Waals surface area contributed by atoms with Crippen LogP contribution in [0.3, 0.4) is 0 Å². The molecule has 69 heavy (non-hydrogen) atoms. The molecule has 4 aromatic carbocycles. The third kappa shape index (κ3) is 11.1. The summed E-state index contributed by atoms with van der Waals surface area (Å²) in [6.07, 6.45) is 5.91. The number of unbranched alkanes of at least 4 members (excludes halogenated alkanes) is 2. The number of fused-ring (bicyclic) bond motifs is 2. The molecule has 1 aliphatic heterocycles. The lowest BCUT2D eigenvalue weighted by atomic mass is 9.55. The molecule has 366 valence electrons. The molecule has 3 N–H and O–H groups in total. The average Bonchev–Trinajstić information content (AvgIpc) is 3.35. The fourth-order valence-corrected chi connectivity index (χ4v) is 9.85. The second-order valence-corrected chi connectivity index (χ2v) is 16.9. The lowest BCUT2D eigenvalue weighted by Crippen LogP contribution is -2.70. The fraction of sp³-hybridized carbons (Fsp3) is 0.392. The van der Waals surface area contributed by atoms with E-state index >= 15 is 0 Å². The molecular formula is C51H57FN4O13. The standard InChI is InChI=1S/C51H57FN4O13/c1-5-26-66-51-46(55(31-32-12-14-34(52)15-13-32)50(60)68-36-18-16-35(17-19-36)56(61)62)30-43(54-65-4)40-27-33(10-6-8-24-57)39(11-7-9-25-58)47(48(40)51)41-28-38(21-23-44(41)69-51)67-49(59)53-42-22-20-37(63-2)29-45(42)64-3/h5,12-23,27-29,33,39,46-48,57-58H,1,6-11,24-26,30-31H2,2-4H3,(H,53,59)/t33-,39+,46-,47+,48+,51+/m0/s1. The van der Waals surface area contributed by atoms with Gasteiger partial charge in [0.2, 0.25) is 5.79 Å². The number of carbonyl (C=O) groups is 2. The van der Waals surface area contributed by atoms with E-state index in [4.69, 9.17) is 33.3 Å². The number of carbonyl (C=O) groups excluding carboxylic acids is 2. The van der Waals surface area contributed by atoms with Gasteiger partial charge in [-0.1, -0.05) is 42.3 Å². The molecular weight excluding hydrogens is 896 g/mol. The fourth-order valence-electron chi connectivity index (χ4n) is 9.85. The van der Waals surface area contributed by atoms with E-state index < -0.39 is 46.6 Å². The topological polar surface area (TPSA) is 210 Å². The average molecular weight is 953 g/mol. The normalized spacial score (nSPS) is 21.6. The van der Waals surface area contributed by atoms with Gasteiger partial charge in [-0.25, -0.2) is 14.0 Å². The van der Waals surface area contributed by atoms with Gasteiger partial charge in [0.05, 0.1) is 43.1 Å². The van der Waals surface area contributed by atoms with Gasteiger partial charge < -0.3 is 43.5 Å². The van der Waals surface area contributed by atoms with Crippen molar-refractivity contribution in [2.45, 2.75) is 69.2 Å². The molecule has 6 atom stereocenters. The number of nitrogens with zero attached hydrogens (tertiary/aromatic N) is 3. The Morgan fingerprint density at radius 2 is 1.64 bits per heavy atom. The monoisotopic (exact) mass is 952 g/mol. The highest BCUT2D eigenvalue weighted by Crippen LogP contribution is 2.62. The Morgan fingerprint density at radius 1 is 0.928 bits per heavy atom. The van der Waals surface area contributed by atoms with Gasteiger partial charge in [0.15, 0.2) is 0 Å². The highest BCUT2D eigenvalue weighted by molar-refractivity contribution is 6.03. The lowest BCUT2D eigenvalue weighted by Gasteiger charge is -2.59. The van der Waals surface area contributed by atoms with E-state index in [0.29, 0.717) is 78.3 Å². The SMILES string of the molecule is C=CCO[C@@]12Oc3ccc(OC(=O)Nc4ccc(OC)cc4OC)cc3[C@H]3[C@H](CCCCO)[C@@H](CCCCO)C=C(C(=NOC)C[C@@H]1N(Cc1ccc(F)cc1)C(=O)Oc1ccc([N+](=O)[O-])cc1)[C@H]32. The van der Waals surface area contributed by atoms with E-state index in [1.807, 2.05) is 0 Å². The Morgan fingerprint density at radius 3 is 2.30 bits per heavy atom. The van der Waals surface area contributed by atoms with Crippen molar-refractivity contribution in [2.24, 2.45) is 22.9 Å². The van der Waals surface area contributed by atoms with Gasteiger partial charge in [-0.15, -0.1) is 6.58 Å². The van der Waals surface area contributed by atoms with Gasteiger partial charge in [0.25, 0.3) is 5.69 Å². The van der Waals surface area contributed by atoms with E-state index in [1.54, 1.807) is 54.6 Å². The summed E-state index contributed by atoms with van der Waals surface area (Å²) in [7, 11) is 4.42. The third-order valence-electron chi connectivity index (χ3n) is 12.8. The molecule has 3 aliphatic rings. The quantitative estimate of drug-likeness (QED) is 0.0308. The number of ether oxygens (including phenoxy) is 6. The first-order chi connectivity index (χ1) is 33.5.